The number of ether oxygens (including phenoxy) is 3. The van der Waals surface area contributed by atoms with Crippen molar-refractivity contribution in [2.75, 3.05) is 19.8 Å². The second-order valence-electron chi connectivity index (χ2n) is 9.96. The Balaban J connectivity index is 2.17. The summed E-state index contributed by atoms with van der Waals surface area (Å²) >= 11 is 0. The minimum atomic E-state index is -0.804. The largest absolute Gasteiger partial charge is 0.514 e. The van der Waals surface area contributed by atoms with Crippen molar-refractivity contribution in [3.8, 4) is 5.75 Å². The van der Waals surface area contributed by atoms with Gasteiger partial charge in [-0.2, -0.15) is 0 Å². The fraction of sp³-hybridized carbons (Fsp3) is 0.652. The highest BCUT2D eigenvalue weighted by molar-refractivity contribution is 5.68. The topological polar surface area (TPSA) is 65.1 Å². The molecule has 1 aliphatic rings. The van der Waals surface area contributed by atoms with Crippen molar-refractivity contribution in [3.63, 3.8) is 0 Å². The van der Waals surface area contributed by atoms with Crippen LogP contribution >= 0.6 is 0 Å². The van der Waals surface area contributed by atoms with Gasteiger partial charge in [0.05, 0.1) is 6.67 Å². The molecule has 0 unspecified atom stereocenters. The van der Waals surface area contributed by atoms with Gasteiger partial charge in [0.15, 0.2) is 0 Å². The molecule has 1 aliphatic heterocycles. The lowest BCUT2D eigenvalue weighted by Gasteiger charge is -2.45. The summed E-state index contributed by atoms with van der Waals surface area (Å²) in [6.45, 7) is 12.8. The van der Waals surface area contributed by atoms with Gasteiger partial charge in [0.1, 0.15) is 17.0 Å². The Hall–Kier alpha value is -2.31. The molecule has 1 aromatic carbocycles. The molecule has 0 aliphatic carbocycles. The van der Waals surface area contributed by atoms with Gasteiger partial charge in [-0.05, 0) is 71.6 Å². The number of carbonyl (C=O) groups excluding carboxylic acids is 2. The van der Waals surface area contributed by atoms with Gasteiger partial charge in [0, 0.05) is 18.5 Å². The first-order valence-corrected chi connectivity index (χ1v) is 10.3. The number of rotatable bonds is 3. The van der Waals surface area contributed by atoms with E-state index in [1.54, 1.807) is 43.9 Å². The van der Waals surface area contributed by atoms with E-state index in [-0.39, 0.29) is 12.0 Å². The lowest BCUT2D eigenvalue weighted by atomic mass is 9.67. The van der Waals surface area contributed by atoms with Crippen LogP contribution in [-0.2, 0) is 14.9 Å². The van der Waals surface area contributed by atoms with Crippen LogP contribution in [0.2, 0.25) is 0 Å². The van der Waals surface area contributed by atoms with Crippen LogP contribution in [-0.4, -0.2) is 48.1 Å². The molecule has 0 radical (unpaired) electrons. The fourth-order valence-electron chi connectivity index (χ4n) is 3.61. The second-order valence-corrected chi connectivity index (χ2v) is 9.96. The van der Waals surface area contributed by atoms with Crippen LogP contribution < -0.4 is 4.74 Å². The average Bonchev–Trinajstić information content (AvgIpc) is 2.59. The first-order valence-electron chi connectivity index (χ1n) is 10.3. The zero-order chi connectivity index (χ0) is 22.7. The summed E-state index contributed by atoms with van der Waals surface area (Å²) in [7, 11) is 0. The van der Waals surface area contributed by atoms with E-state index in [4.69, 9.17) is 14.2 Å². The zero-order valence-corrected chi connectivity index (χ0v) is 19.1. The number of piperidine rings is 1. The Kier molecular flexibility index (Phi) is 7.05. The number of likely N-dealkylation sites (tertiary alicyclic amines) is 1. The van der Waals surface area contributed by atoms with E-state index in [1.165, 1.54) is 0 Å². The second kappa shape index (κ2) is 8.82. The SMILES string of the molecule is C[C@H]1CN(C(=O)OC(C)(C)C)CC[C@]1(CF)c1cccc(OC(=O)OC(C)(C)C)c1. The lowest BCUT2D eigenvalue weighted by molar-refractivity contribution is 0.00444. The summed E-state index contributed by atoms with van der Waals surface area (Å²) < 4.78 is 30.4. The predicted octanol–water partition coefficient (Wildman–Crippen LogP) is 5.48. The first-order chi connectivity index (χ1) is 13.8. The maximum Gasteiger partial charge on any atom is 0.514 e. The molecule has 1 fully saturated rings. The monoisotopic (exact) mass is 423 g/mol. The van der Waals surface area contributed by atoms with Gasteiger partial charge in [0.2, 0.25) is 0 Å². The molecular weight excluding hydrogens is 389 g/mol. The minimum Gasteiger partial charge on any atom is -0.444 e. The molecule has 1 aromatic rings. The third kappa shape index (κ3) is 6.09. The number of benzene rings is 1. The summed E-state index contributed by atoms with van der Waals surface area (Å²) in [6.07, 6.45) is -0.745. The van der Waals surface area contributed by atoms with E-state index in [0.717, 1.165) is 5.56 Å². The van der Waals surface area contributed by atoms with Crippen LogP contribution in [0.3, 0.4) is 0 Å². The van der Waals surface area contributed by atoms with Gasteiger partial charge in [-0.25, -0.2) is 9.59 Å². The van der Waals surface area contributed by atoms with Gasteiger partial charge in [-0.3, -0.25) is 4.39 Å². The van der Waals surface area contributed by atoms with E-state index in [0.29, 0.717) is 25.3 Å². The molecule has 1 heterocycles. The standard InChI is InChI=1S/C23H34FNO5/c1-16-14-25(19(26)29-21(2,3)4)12-11-23(16,15-24)17-9-8-10-18(13-17)28-20(27)30-22(5,6)7/h8-10,13,16H,11-12,14-15H2,1-7H3/t16-,23+/m0/s1. The third-order valence-electron chi connectivity index (χ3n) is 5.16. The van der Waals surface area contributed by atoms with Gasteiger partial charge in [-0.15, -0.1) is 0 Å². The molecule has 1 amide bonds. The Bertz CT molecular complexity index is 768. The van der Waals surface area contributed by atoms with E-state index < -0.39 is 29.4 Å². The van der Waals surface area contributed by atoms with Crippen molar-refractivity contribution in [2.24, 2.45) is 5.92 Å². The molecular formula is C23H34FNO5. The fourth-order valence-corrected chi connectivity index (χ4v) is 3.61. The van der Waals surface area contributed by atoms with Crippen molar-refractivity contribution in [3.05, 3.63) is 29.8 Å². The Labute approximate surface area is 178 Å². The van der Waals surface area contributed by atoms with Crippen molar-refractivity contribution in [1.82, 2.24) is 4.90 Å². The van der Waals surface area contributed by atoms with Crippen molar-refractivity contribution >= 4 is 12.2 Å². The van der Waals surface area contributed by atoms with Crippen LogP contribution in [0.25, 0.3) is 0 Å². The van der Waals surface area contributed by atoms with Crippen LogP contribution in [0.15, 0.2) is 24.3 Å². The number of carbonyl (C=O) groups is 2. The molecule has 6 nitrogen and oxygen atoms in total. The number of hydrogen-bond acceptors (Lipinski definition) is 5. The van der Waals surface area contributed by atoms with Gasteiger partial charge in [0.25, 0.3) is 0 Å². The third-order valence-corrected chi connectivity index (χ3v) is 5.16. The van der Waals surface area contributed by atoms with Gasteiger partial charge in [-0.1, -0.05) is 19.1 Å². The quantitative estimate of drug-likeness (QED) is 0.475. The smallest absolute Gasteiger partial charge is 0.444 e. The summed E-state index contributed by atoms with van der Waals surface area (Å²) in [5.41, 5.74) is -1.28. The van der Waals surface area contributed by atoms with E-state index in [9.17, 15) is 14.0 Å². The molecule has 0 aromatic heterocycles. The Morgan fingerprint density at radius 2 is 1.77 bits per heavy atom. The number of hydrogen-bond donors (Lipinski definition) is 0. The normalized spacial score (nSPS) is 22.4. The first kappa shape index (κ1) is 24.0. The summed E-state index contributed by atoms with van der Waals surface area (Å²) in [6, 6.07) is 6.89. The highest BCUT2D eigenvalue weighted by Gasteiger charge is 2.44. The minimum absolute atomic E-state index is 0.152. The maximum atomic E-state index is 14.4. The van der Waals surface area contributed by atoms with Crippen LogP contribution in [0.1, 0.15) is 60.5 Å². The lowest BCUT2D eigenvalue weighted by Crippen LogP contribution is -2.52. The van der Waals surface area contributed by atoms with Crippen molar-refractivity contribution in [2.45, 2.75) is 71.5 Å². The molecule has 0 bridgehead atoms. The van der Waals surface area contributed by atoms with Crippen LogP contribution in [0.5, 0.6) is 5.75 Å². The number of nitrogens with zero attached hydrogens (tertiary/aromatic N) is 1. The predicted molar refractivity (Wildman–Crippen MR) is 113 cm³/mol. The number of amides is 1. The molecule has 30 heavy (non-hydrogen) atoms. The van der Waals surface area contributed by atoms with E-state index in [1.807, 2.05) is 33.8 Å². The van der Waals surface area contributed by atoms with Crippen molar-refractivity contribution in [1.29, 1.82) is 0 Å². The summed E-state index contributed by atoms with van der Waals surface area (Å²) in [5, 5.41) is 0. The molecule has 168 valence electrons. The summed E-state index contributed by atoms with van der Waals surface area (Å²) in [5.74, 6) is 0.150. The van der Waals surface area contributed by atoms with Crippen molar-refractivity contribution < 1.29 is 28.2 Å². The van der Waals surface area contributed by atoms with Crippen LogP contribution in [0, 0.1) is 5.92 Å². The number of alkyl halides is 1. The average molecular weight is 424 g/mol. The Morgan fingerprint density at radius 1 is 1.13 bits per heavy atom. The van der Waals surface area contributed by atoms with Gasteiger partial charge >= 0.3 is 12.2 Å². The molecule has 7 heteroatoms. The highest BCUT2D eigenvalue weighted by atomic mass is 19.1. The number of halogens is 1. The molecule has 0 N–H and O–H groups in total. The molecule has 0 spiro atoms. The summed E-state index contributed by atoms with van der Waals surface area (Å²) in [4.78, 5) is 26.0. The van der Waals surface area contributed by atoms with Gasteiger partial charge < -0.3 is 19.1 Å². The zero-order valence-electron chi connectivity index (χ0n) is 19.1. The molecule has 0 saturated carbocycles. The Morgan fingerprint density at radius 3 is 2.30 bits per heavy atom. The maximum absolute atomic E-state index is 14.4. The van der Waals surface area contributed by atoms with E-state index in [2.05, 4.69) is 0 Å². The highest BCUT2D eigenvalue weighted by Crippen LogP contribution is 2.41. The van der Waals surface area contributed by atoms with E-state index >= 15 is 0 Å². The molecule has 2 atom stereocenters. The molecule has 1 saturated heterocycles. The molecule has 2 rings (SSSR count). The van der Waals surface area contributed by atoms with Crippen LogP contribution in [0.4, 0.5) is 14.0 Å².